The van der Waals surface area contributed by atoms with Crippen LogP contribution in [0.4, 0.5) is 0 Å². The highest BCUT2D eigenvalue weighted by Crippen LogP contribution is 2.32. The normalized spacial score (nSPS) is 23.1. The number of rotatable bonds is 0. The van der Waals surface area contributed by atoms with Crippen molar-refractivity contribution >= 4 is 0 Å². The van der Waals surface area contributed by atoms with Gasteiger partial charge in [-0.25, -0.2) is 0 Å². The maximum Gasteiger partial charge on any atom is 0.0726 e. The fraction of sp³-hybridized carbons (Fsp3) is 0.231. The minimum atomic E-state index is 0.477. The maximum absolute atomic E-state index is 2.41. The van der Waals surface area contributed by atoms with E-state index in [-0.39, 0.29) is 0 Å². The first-order valence-corrected chi connectivity index (χ1v) is 5.14. The summed E-state index contributed by atoms with van der Waals surface area (Å²) >= 11 is 0. The van der Waals surface area contributed by atoms with Gasteiger partial charge in [0, 0.05) is 6.54 Å². The Labute approximate surface area is 84.4 Å². The third-order valence-electron chi connectivity index (χ3n) is 3.05. The van der Waals surface area contributed by atoms with Crippen LogP contribution in [-0.2, 0) is 6.42 Å². The molecule has 2 aliphatic heterocycles. The molecule has 1 aromatic carbocycles. The predicted octanol–water partition coefficient (Wildman–Crippen LogP) is 2.67. The summed E-state index contributed by atoms with van der Waals surface area (Å²) in [5.74, 6) is 0. The molecule has 1 unspecified atom stereocenters. The Morgan fingerprint density at radius 2 is 2.07 bits per heavy atom. The Balaban J connectivity index is 2.09. The summed E-state index contributed by atoms with van der Waals surface area (Å²) in [4.78, 5) is 2.41. The maximum atomic E-state index is 2.41. The van der Waals surface area contributed by atoms with Gasteiger partial charge in [0.2, 0.25) is 0 Å². The van der Waals surface area contributed by atoms with Crippen molar-refractivity contribution < 1.29 is 0 Å². The van der Waals surface area contributed by atoms with Crippen molar-refractivity contribution in [2.75, 3.05) is 6.54 Å². The van der Waals surface area contributed by atoms with Crippen molar-refractivity contribution in [1.29, 1.82) is 0 Å². The fourth-order valence-corrected chi connectivity index (χ4v) is 2.33. The molecule has 0 bridgehead atoms. The topological polar surface area (TPSA) is 3.24 Å². The van der Waals surface area contributed by atoms with Gasteiger partial charge in [-0.3, -0.25) is 0 Å². The van der Waals surface area contributed by atoms with Crippen LogP contribution in [0.1, 0.15) is 17.2 Å². The van der Waals surface area contributed by atoms with Gasteiger partial charge in [0.25, 0.3) is 0 Å². The highest BCUT2D eigenvalue weighted by Gasteiger charge is 2.23. The molecule has 1 atom stereocenters. The zero-order chi connectivity index (χ0) is 9.38. The Bertz CT molecular complexity index is 403. The zero-order valence-corrected chi connectivity index (χ0v) is 8.06. The molecule has 1 heteroatoms. The Kier molecular flexibility index (Phi) is 1.69. The zero-order valence-electron chi connectivity index (χ0n) is 8.06. The van der Waals surface area contributed by atoms with E-state index in [1.54, 1.807) is 0 Å². The highest BCUT2D eigenvalue weighted by molar-refractivity contribution is 5.37. The molecular formula is C13H13N. The molecule has 0 fully saturated rings. The van der Waals surface area contributed by atoms with Crippen LogP contribution in [0.25, 0.3) is 0 Å². The van der Waals surface area contributed by atoms with Gasteiger partial charge >= 0.3 is 0 Å². The molecule has 14 heavy (non-hydrogen) atoms. The lowest BCUT2D eigenvalue weighted by Gasteiger charge is -2.36. The van der Waals surface area contributed by atoms with Crippen molar-refractivity contribution in [3.05, 3.63) is 59.8 Å². The summed E-state index contributed by atoms with van der Waals surface area (Å²) in [6, 6.07) is 9.24. The molecule has 0 saturated heterocycles. The lowest BCUT2D eigenvalue weighted by Crippen LogP contribution is -2.31. The van der Waals surface area contributed by atoms with Crippen LogP contribution >= 0.6 is 0 Å². The van der Waals surface area contributed by atoms with Crippen molar-refractivity contribution in [3.8, 4) is 0 Å². The van der Waals surface area contributed by atoms with E-state index >= 15 is 0 Å². The average molecular weight is 183 g/mol. The van der Waals surface area contributed by atoms with Crippen LogP contribution in [0, 0.1) is 0 Å². The Hall–Kier alpha value is -1.50. The number of benzene rings is 1. The molecule has 2 heterocycles. The second-order valence-corrected chi connectivity index (χ2v) is 3.86. The standard InChI is InChI=1S/C13H13N/c1-2-6-12-11(5-1)8-10-14-9-4-3-7-13(12)14/h1-7,9,13H,8,10H2. The van der Waals surface area contributed by atoms with Crippen LogP contribution in [0.2, 0.25) is 0 Å². The monoisotopic (exact) mass is 183 g/mol. The summed E-state index contributed by atoms with van der Waals surface area (Å²) in [6.07, 6.45) is 9.90. The molecule has 0 amide bonds. The van der Waals surface area contributed by atoms with E-state index in [1.165, 1.54) is 17.5 Å². The summed E-state index contributed by atoms with van der Waals surface area (Å²) in [6.45, 7) is 1.14. The number of nitrogens with zero attached hydrogens (tertiary/aromatic N) is 1. The lowest BCUT2D eigenvalue weighted by molar-refractivity contribution is 0.305. The smallest absolute Gasteiger partial charge is 0.0726 e. The molecule has 0 aliphatic carbocycles. The third kappa shape index (κ3) is 1.09. The van der Waals surface area contributed by atoms with E-state index in [2.05, 4.69) is 53.6 Å². The SMILES string of the molecule is C1=CC2c3ccccc3CCN2C=C1. The van der Waals surface area contributed by atoms with E-state index in [4.69, 9.17) is 0 Å². The predicted molar refractivity (Wildman–Crippen MR) is 57.9 cm³/mol. The van der Waals surface area contributed by atoms with Crippen LogP contribution in [-0.4, -0.2) is 11.4 Å². The van der Waals surface area contributed by atoms with Crippen LogP contribution in [0.15, 0.2) is 48.7 Å². The quantitative estimate of drug-likeness (QED) is 0.597. The van der Waals surface area contributed by atoms with E-state index < -0.39 is 0 Å². The number of fused-ring (bicyclic) bond motifs is 3. The number of hydrogen-bond acceptors (Lipinski definition) is 1. The molecule has 3 rings (SSSR count). The lowest BCUT2D eigenvalue weighted by atomic mass is 9.92. The van der Waals surface area contributed by atoms with Gasteiger partial charge in [-0.15, -0.1) is 0 Å². The van der Waals surface area contributed by atoms with E-state index in [0.29, 0.717) is 6.04 Å². The first-order valence-electron chi connectivity index (χ1n) is 5.14. The minimum Gasteiger partial charge on any atom is -0.367 e. The largest absolute Gasteiger partial charge is 0.367 e. The number of hydrogen-bond donors (Lipinski definition) is 0. The van der Waals surface area contributed by atoms with Gasteiger partial charge in [0.05, 0.1) is 6.04 Å². The first kappa shape index (κ1) is 7.86. The van der Waals surface area contributed by atoms with Crippen molar-refractivity contribution in [1.82, 2.24) is 4.90 Å². The van der Waals surface area contributed by atoms with Gasteiger partial charge in [-0.2, -0.15) is 0 Å². The average Bonchev–Trinajstić information content (AvgIpc) is 2.29. The Morgan fingerprint density at radius 3 is 3.07 bits per heavy atom. The molecule has 1 aromatic rings. The van der Waals surface area contributed by atoms with Crippen LogP contribution in [0.5, 0.6) is 0 Å². The second-order valence-electron chi connectivity index (χ2n) is 3.86. The summed E-state index contributed by atoms with van der Waals surface area (Å²) < 4.78 is 0. The van der Waals surface area contributed by atoms with Crippen LogP contribution < -0.4 is 0 Å². The third-order valence-corrected chi connectivity index (χ3v) is 3.05. The molecule has 70 valence electrons. The van der Waals surface area contributed by atoms with Gasteiger partial charge in [-0.05, 0) is 29.8 Å². The first-order chi connectivity index (χ1) is 6.95. The molecular weight excluding hydrogens is 170 g/mol. The summed E-state index contributed by atoms with van der Waals surface area (Å²) in [7, 11) is 0. The van der Waals surface area contributed by atoms with E-state index in [9.17, 15) is 0 Å². The van der Waals surface area contributed by atoms with Crippen LogP contribution in [0.3, 0.4) is 0 Å². The van der Waals surface area contributed by atoms with E-state index in [1.807, 2.05) is 0 Å². The van der Waals surface area contributed by atoms with Gasteiger partial charge in [-0.1, -0.05) is 36.4 Å². The molecule has 0 N–H and O–H groups in total. The second kappa shape index (κ2) is 3.02. The Morgan fingerprint density at radius 1 is 1.14 bits per heavy atom. The van der Waals surface area contributed by atoms with Crippen molar-refractivity contribution in [2.24, 2.45) is 0 Å². The molecule has 0 spiro atoms. The van der Waals surface area contributed by atoms with Crippen molar-refractivity contribution in [3.63, 3.8) is 0 Å². The molecule has 0 aromatic heterocycles. The summed E-state index contributed by atoms with van der Waals surface area (Å²) in [5.41, 5.74) is 2.98. The van der Waals surface area contributed by atoms with E-state index in [0.717, 1.165) is 6.54 Å². The fourth-order valence-electron chi connectivity index (χ4n) is 2.33. The van der Waals surface area contributed by atoms with Gasteiger partial charge < -0.3 is 4.90 Å². The van der Waals surface area contributed by atoms with Crippen molar-refractivity contribution in [2.45, 2.75) is 12.5 Å². The summed E-state index contributed by atoms with van der Waals surface area (Å²) in [5, 5.41) is 0. The molecule has 2 aliphatic rings. The highest BCUT2D eigenvalue weighted by atomic mass is 15.1. The van der Waals surface area contributed by atoms with Gasteiger partial charge in [0.1, 0.15) is 0 Å². The van der Waals surface area contributed by atoms with Gasteiger partial charge in [0.15, 0.2) is 0 Å². The number of allylic oxidation sites excluding steroid dienone is 2. The molecule has 0 radical (unpaired) electrons. The molecule has 0 saturated carbocycles. The molecule has 1 nitrogen and oxygen atoms in total. The minimum absolute atomic E-state index is 0.477.